The normalized spacial score (nSPS) is 24.1. The van der Waals surface area contributed by atoms with Gasteiger partial charge in [0.1, 0.15) is 12.1 Å². The Balaban J connectivity index is 1.56. The second-order valence-electron chi connectivity index (χ2n) is 6.29. The van der Waals surface area contributed by atoms with E-state index in [1.807, 2.05) is 0 Å². The van der Waals surface area contributed by atoms with E-state index in [2.05, 4.69) is 10.6 Å². The van der Waals surface area contributed by atoms with Gasteiger partial charge < -0.3 is 20.1 Å². The van der Waals surface area contributed by atoms with Crippen LogP contribution in [0.4, 0.5) is 9.59 Å². The molecule has 3 heterocycles. The molecule has 1 atom stereocenters. The molecular formula is C16H16N4O6. The van der Waals surface area contributed by atoms with Gasteiger partial charge in [-0.1, -0.05) is 6.07 Å². The Bertz CT molecular complexity index is 840. The second-order valence-corrected chi connectivity index (χ2v) is 6.29. The smallest absolute Gasteiger partial charge is 0.325 e. The highest BCUT2D eigenvalue weighted by atomic mass is 16.7. The van der Waals surface area contributed by atoms with Crippen LogP contribution in [0, 0.1) is 0 Å². The quantitative estimate of drug-likeness (QED) is 0.717. The van der Waals surface area contributed by atoms with Crippen LogP contribution < -0.4 is 20.1 Å². The average Bonchev–Trinajstić information content (AvgIpc) is 3.30. The number of amides is 6. The van der Waals surface area contributed by atoms with Crippen molar-refractivity contribution in [3.05, 3.63) is 23.8 Å². The van der Waals surface area contributed by atoms with Crippen molar-refractivity contribution in [2.24, 2.45) is 0 Å². The van der Waals surface area contributed by atoms with Crippen LogP contribution in [-0.4, -0.2) is 60.1 Å². The zero-order valence-electron chi connectivity index (χ0n) is 13.9. The van der Waals surface area contributed by atoms with E-state index in [-0.39, 0.29) is 13.3 Å². The van der Waals surface area contributed by atoms with Crippen molar-refractivity contribution < 1.29 is 28.7 Å². The predicted octanol–water partition coefficient (Wildman–Crippen LogP) is -0.266. The molecule has 2 fully saturated rings. The van der Waals surface area contributed by atoms with Gasteiger partial charge in [-0.05, 0) is 24.6 Å². The van der Waals surface area contributed by atoms with Gasteiger partial charge >= 0.3 is 12.1 Å². The zero-order chi connectivity index (χ0) is 18.5. The number of imide groups is 2. The molecule has 3 aliphatic heterocycles. The van der Waals surface area contributed by atoms with Crippen molar-refractivity contribution in [2.75, 3.05) is 26.4 Å². The van der Waals surface area contributed by atoms with E-state index in [0.717, 1.165) is 9.80 Å². The highest BCUT2D eigenvalue weighted by Crippen LogP contribution is 2.37. The Morgan fingerprint density at radius 2 is 1.96 bits per heavy atom. The van der Waals surface area contributed by atoms with Crippen LogP contribution in [0.5, 0.6) is 11.5 Å². The number of hydrogen-bond donors (Lipinski definition) is 2. The van der Waals surface area contributed by atoms with Crippen molar-refractivity contribution in [2.45, 2.75) is 12.5 Å². The lowest BCUT2D eigenvalue weighted by Crippen LogP contribution is -2.45. The van der Waals surface area contributed by atoms with Gasteiger partial charge in [-0.2, -0.15) is 0 Å². The first-order chi connectivity index (χ1) is 12.4. The topological polar surface area (TPSA) is 117 Å². The van der Waals surface area contributed by atoms with Gasteiger partial charge in [0.2, 0.25) is 6.79 Å². The lowest BCUT2D eigenvalue weighted by Gasteiger charge is -2.22. The number of urea groups is 2. The highest BCUT2D eigenvalue weighted by molar-refractivity contribution is 6.10. The molecular weight excluding hydrogens is 344 g/mol. The Kier molecular flexibility index (Phi) is 3.49. The molecule has 2 saturated heterocycles. The summed E-state index contributed by atoms with van der Waals surface area (Å²) in [7, 11) is 0. The summed E-state index contributed by atoms with van der Waals surface area (Å²) in [4.78, 5) is 50.8. The number of ether oxygens (including phenoxy) is 2. The standard InChI is InChI=1S/C16H16N4O6/c1-16(9-2-3-10-11(6-9)26-8-25-10)13(22)20(15(24)18-16)7-12(21)19-5-4-17-14(19)23/h2-3,6H,4-5,7-8H2,1H3,(H,17,23)(H,18,24)/t16-/m1/s1. The van der Waals surface area contributed by atoms with E-state index >= 15 is 0 Å². The summed E-state index contributed by atoms with van der Waals surface area (Å²) in [5.74, 6) is -0.150. The van der Waals surface area contributed by atoms with E-state index < -0.39 is 36.0 Å². The fourth-order valence-corrected chi connectivity index (χ4v) is 3.17. The van der Waals surface area contributed by atoms with Gasteiger partial charge in [-0.3, -0.25) is 19.4 Å². The molecule has 10 heteroatoms. The molecule has 0 bridgehead atoms. The maximum atomic E-state index is 12.9. The average molecular weight is 360 g/mol. The van der Waals surface area contributed by atoms with E-state index in [1.165, 1.54) is 0 Å². The van der Waals surface area contributed by atoms with Crippen molar-refractivity contribution in [1.29, 1.82) is 0 Å². The number of rotatable bonds is 3. The van der Waals surface area contributed by atoms with E-state index in [4.69, 9.17) is 9.47 Å². The monoisotopic (exact) mass is 360 g/mol. The first-order valence-electron chi connectivity index (χ1n) is 8.02. The van der Waals surface area contributed by atoms with Crippen LogP contribution in [0.25, 0.3) is 0 Å². The summed E-state index contributed by atoms with van der Waals surface area (Å²) in [5.41, 5.74) is -0.833. The predicted molar refractivity (Wildman–Crippen MR) is 85.3 cm³/mol. The molecule has 0 aromatic heterocycles. The molecule has 0 spiro atoms. The summed E-state index contributed by atoms with van der Waals surface area (Å²) in [5, 5.41) is 5.11. The highest BCUT2D eigenvalue weighted by Gasteiger charge is 2.50. The molecule has 1 aromatic rings. The molecule has 0 saturated carbocycles. The SMILES string of the molecule is C[C@]1(c2ccc3c(c2)OCO3)NC(=O)N(CC(=O)N2CCNC2=O)C1=O. The molecule has 2 N–H and O–H groups in total. The third kappa shape index (κ3) is 2.33. The minimum atomic E-state index is -1.34. The van der Waals surface area contributed by atoms with Gasteiger partial charge in [0.25, 0.3) is 11.8 Å². The number of nitrogens with zero attached hydrogens (tertiary/aromatic N) is 2. The van der Waals surface area contributed by atoms with E-state index in [1.54, 1.807) is 25.1 Å². The molecule has 26 heavy (non-hydrogen) atoms. The number of hydrogen-bond acceptors (Lipinski definition) is 6. The zero-order valence-corrected chi connectivity index (χ0v) is 13.9. The van der Waals surface area contributed by atoms with Gasteiger partial charge in [0.05, 0.1) is 0 Å². The van der Waals surface area contributed by atoms with Gasteiger partial charge in [0.15, 0.2) is 11.5 Å². The van der Waals surface area contributed by atoms with Crippen molar-refractivity contribution in [3.63, 3.8) is 0 Å². The number of fused-ring (bicyclic) bond motifs is 1. The number of carbonyl (C=O) groups is 4. The van der Waals surface area contributed by atoms with Gasteiger partial charge in [0, 0.05) is 13.1 Å². The third-order valence-electron chi connectivity index (χ3n) is 4.68. The van der Waals surface area contributed by atoms with Crippen LogP contribution in [-0.2, 0) is 15.1 Å². The van der Waals surface area contributed by atoms with Crippen LogP contribution in [0.2, 0.25) is 0 Å². The summed E-state index contributed by atoms with van der Waals surface area (Å²) in [6, 6.07) is 3.72. The maximum Gasteiger partial charge on any atom is 0.325 e. The summed E-state index contributed by atoms with van der Waals surface area (Å²) >= 11 is 0. The fourth-order valence-electron chi connectivity index (χ4n) is 3.17. The minimum absolute atomic E-state index is 0.0916. The van der Waals surface area contributed by atoms with Crippen LogP contribution in [0.15, 0.2) is 18.2 Å². The largest absolute Gasteiger partial charge is 0.454 e. The van der Waals surface area contributed by atoms with Crippen LogP contribution in [0.1, 0.15) is 12.5 Å². The first-order valence-corrected chi connectivity index (χ1v) is 8.02. The number of nitrogens with one attached hydrogen (secondary N) is 2. The summed E-state index contributed by atoms with van der Waals surface area (Å²) in [6.07, 6.45) is 0. The maximum absolute atomic E-state index is 12.9. The lowest BCUT2D eigenvalue weighted by molar-refractivity contribution is -0.137. The summed E-state index contributed by atoms with van der Waals surface area (Å²) in [6.45, 7) is 1.70. The summed E-state index contributed by atoms with van der Waals surface area (Å²) < 4.78 is 10.6. The van der Waals surface area contributed by atoms with Crippen LogP contribution in [0.3, 0.4) is 0 Å². The third-order valence-corrected chi connectivity index (χ3v) is 4.68. The molecule has 0 radical (unpaired) electrons. The molecule has 0 aliphatic carbocycles. The molecule has 136 valence electrons. The minimum Gasteiger partial charge on any atom is -0.454 e. The van der Waals surface area contributed by atoms with Crippen molar-refractivity contribution in [3.8, 4) is 11.5 Å². The molecule has 10 nitrogen and oxygen atoms in total. The molecule has 4 rings (SSSR count). The Morgan fingerprint density at radius 3 is 2.69 bits per heavy atom. The molecule has 0 unspecified atom stereocenters. The lowest BCUT2D eigenvalue weighted by atomic mass is 9.91. The Morgan fingerprint density at radius 1 is 1.19 bits per heavy atom. The van der Waals surface area contributed by atoms with Crippen molar-refractivity contribution in [1.82, 2.24) is 20.4 Å². The first kappa shape index (κ1) is 16.2. The fraction of sp³-hybridized carbons (Fsp3) is 0.375. The Hall–Kier alpha value is -3.30. The Labute approximate surface area is 148 Å². The van der Waals surface area contributed by atoms with Crippen LogP contribution >= 0.6 is 0 Å². The number of carbonyl (C=O) groups excluding carboxylic acids is 4. The molecule has 6 amide bonds. The number of benzene rings is 1. The molecule has 3 aliphatic rings. The van der Waals surface area contributed by atoms with Crippen molar-refractivity contribution >= 4 is 23.9 Å². The van der Waals surface area contributed by atoms with Gasteiger partial charge in [-0.15, -0.1) is 0 Å². The van der Waals surface area contributed by atoms with Gasteiger partial charge in [-0.25, -0.2) is 9.59 Å². The van der Waals surface area contributed by atoms with E-state index in [9.17, 15) is 19.2 Å². The van der Waals surface area contributed by atoms with E-state index in [0.29, 0.717) is 23.6 Å². The second kappa shape index (κ2) is 5.61. The molecule has 1 aromatic carbocycles.